The monoisotopic (exact) mass is 433 g/mol. The van der Waals surface area contributed by atoms with E-state index in [1.807, 2.05) is 44.2 Å². The Morgan fingerprint density at radius 1 is 1.06 bits per heavy atom. The maximum Gasteiger partial charge on any atom is 0.193 e. The van der Waals surface area contributed by atoms with Gasteiger partial charge in [-0.15, -0.1) is 5.10 Å². The van der Waals surface area contributed by atoms with Crippen molar-refractivity contribution in [2.45, 2.75) is 39.8 Å². The van der Waals surface area contributed by atoms with Crippen molar-refractivity contribution in [1.29, 1.82) is 0 Å². The number of pyridine rings is 1. The van der Waals surface area contributed by atoms with Gasteiger partial charge in [0, 0.05) is 5.56 Å². The highest BCUT2D eigenvalue weighted by Gasteiger charge is 2.20. The third-order valence-corrected chi connectivity index (χ3v) is 5.26. The molecule has 0 bridgehead atoms. The molecule has 0 fully saturated rings. The molecule has 3 heterocycles. The molecule has 0 atom stereocenters. The van der Waals surface area contributed by atoms with Gasteiger partial charge in [0.2, 0.25) is 0 Å². The van der Waals surface area contributed by atoms with E-state index in [-0.39, 0.29) is 17.2 Å². The number of aliphatic hydroxyl groups is 1. The second-order valence-corrected chi connectivity index (χ2v) is 8.22. The predicted octanol–water partition coefficient (Wildman–Crippen LogP) is 3.41. The van der Waals surface area contributed by atoms with Crippen molar-refractivity contribution < 1.29 is 9.50 Å². The van der Waals surface area contributed by atoms with Crippen LogP contribution in [0.1, 0.15) is 36.4 Å². The van der Waals surface area contributed by atoms with Gasteiger partial charge in [-0.1, -0.05) is 29.5 Å². The topological polar surface area (TPSA) is 116 Å². The minimum atomic E-state index is -1.06. The van der Waals surface area contributed by atoms with Crippen LogP contribution >= 0.6 is 0 Å². The van der Waals surface area contributed by atoms with Gasteiger partial charge in [0.15, 0.2) is 17.5 Å². The predicted molar refractivity (Wildman–Crippen MR) is 119 cm³/mol. The zero-order chi connectivity index (χ0) is 23.0. The molecule has 3 N–H and O–H groups in total. The van der Waals surface area contributed by atoms with Gasteiger partial charge in [0.05, 0.1) is 24.1 Å². The molecule has 9 heteroatoms. The molecule has 0 amide bonds. The van der Waals surface area contributed by atoms with Gasteiger partial charge in [-0.05, 0) is 51.0 Å². The highest BCUT2D eigenvalue weighted by molar-refractivity contribution is 5.67. The molecule has 4 aromatic rings. The number of aryl methyl sites for hydroxylation is 1. The van der Waals surface area contributed by atoms with Gasteiger partial charge in [-0.2, -0.15) is 0 Å². The number of aromatic nitrogens is 6. The number of hydrogen-bond acceptors (Lipinski definition) is 7. The van der Waals surface area contributed by atoms with Gasteiger partial charge in [0.25, 0.3) is 0 Å². The first-order valence-corrected chi connectivity index (χ1v) is 10.1. The Morgan fingerprint density at radius 3 is 2.56 bits per heavy atom. The number of halogens is 1. The summed E-state index contributed by atoms with van der Waals surface area (Å²) in [5.74, 6) is -0.664. The molecule has 0 aliphatic carbocycles. The molecule has 0 radical (unpaired) electrons. The van der Waals surface area contributed by atoms with Crippen LogP contribution in [0.25, 0.3) is 22.8 Å². The van der Waals surface area contributed by atoms with Gasteiger partial charge in [0.1, 0.15) is 17.0 Å². The lowest BCUT2D eigenvalue weighted by molar-refractivity contribution is 0.0736. The highest BCUT2D eigenvalue weighted by Crippen LogP contribution is 2.28. The van der Waals surface area contributed by atoms with E-state index >= 15 is 0 Å². The number of nitrogens with two attached hydrogens (primary N) is 1. The number of benzene rings is 1. The van der Waals surface area contributed by atoms with Crippen LogP contribution in [0.3, 0.4) is 0 Å². The van der Waals surface area contributed by atoms with E-state index in [0.29, 0.717) is 23.8 Å². The number of nitrogen functional groups attached to an aromatic ring is 1. The Hall–Kier alpha value is -3.72. The summed E-state index contributed by atoms with van der Waals surface area (Å²) in [6.07, 6.45) is 1.58. The SMILES string of the molecule is Cc1cccc(-c2nc(N)c(F)c(-c3cn(Cc4cccc(C(C)(C)O)n4)nn3)n2)c1C. The van der Waals surface area contributed by atoms with Gasteiger partial charge in [-0.3, -0.25) is 4.98 Å². The van der Waals surface area contributed by atoms with Crippen molar-refractivity contribution in [1.82, 2.24) is 29.9 Å². The third kappa shape index (κ3) is 4.19. The summed E-state index contributed by atoms with van der Waals surface area (Å²) in [4.78, 5) is 13.0. The molecule has 8 nitrogen and oxygen atoms in total. The Kier molecular flexibility index (Phi) is 5.43. The molecule has 0 aliphatic rings. The molecule has 164 valence electrons. The molecule has 4 rings (SSSR count). The second kappa shape index (κ2) is 8.08. The van der Waals surface area contributed by atoms with Crippen molar-refractivity contribution in [3.8, 4) is 22.8 Å². The smallest absolute Gasteiger partial charge is 0.193 e. The Labute approximate surface area is 185 Å². The van der Waals surface area contributed by atoms with Crippen molar-refractivity contribution in [3.63, 3.8) is 0 Å². The molecule has 0 unspecified atom stereocenters. The maximum absolute atomic E-state index is 14.8. The second-order valence-electron chi connectivity index (χ2n) is 8.22. The fourth-order valence-corrected chi connectivity index (χ4v) is 3.31. The largest absolute Gasteiger partial charge is 0.384 e. The quantitative estimate of drug-likeness (QED) is 0.495. The average molecular weight is 433 g/mol. The lowest BCUT2D eigenvalue weighted by atomic mass is 10.0. The molecule has 3 aromatic heterocycles. The summed E-state index contributed by atoms with van der Waals surface area (Å²) in [5, 5.41) is 18.3. The number of nitrogens with zero attached hydrogens (tertiary/aromatic N) is 6. The van der Waals surface area contributed by atoms with Crippen LogP contribution in [0.2, 0.25) is 0 Å². The normalized spacial score (nSPS) is 11.7. The number of anilines is 1. The highest BCUT2D eigenvalue weighted by atomic mass is 19.1. The van der Waals surface area contributed by atoms with Crippen molar-refractivity contribution in [2.75, 3.05) is 5.73 Å². The van der Waals surface area contributed by atoms with Crippen LogP contribution in [-0.4, -0.2) is 35.1 Å². The van der Waals surface area contributed by atoms with Crippen LogP contribution in [0, 0.1) is 19.7 Å². The molecule has 1 aromatic carbocycles. The van der Waals surface area contributed by atoms with Gasteiger partial charge in [-0.25, -0.2) is 19.0 Å². The van der Waals surface area contributed by atoms with Crippen molar-refractivity contribution in [2.24, 2.45) is 0 Å². The van der Waals surface area contributed by atoms with E-state index < -0.39 is 11.4 Å². The Balaban J connectivity index is 1.69. The van der Waals surface area contributed by atoms with Crippen molar-refractivity contribution >= 4 is 5.82 Å². The maximum atomic E-state index is 14.8. The summed E-state index contributed by atoms with van der Waals surface area (Å²) >= 11 is 0. The van der Waals surface area contributed by atoms with E-state index in [1.54, 1.807) is 26.1 Å². The minimum Gasteiger partial charge on any atom is -0.384 e. The third-order valence-electron chi connectivity index (χ3n) is 5.26. The van der Waals surface area contributed by atoms with E-state index in [2.05, 4.69) is 25.3 Å². The van der Waals surface area contributed by atoms with E-state index in [9.17, 15) is 9.50 Å². The van der Waals surface area contributed by atoms with Gasteiger partial charge < -0.3 is 10.8 Å². The van der Waals surface area contributed by atoms with E-state index in [1.165, 1.54) is 4.68 Å². The summed E-state index contributed by atoms with van der Waals surface area (Å²) in [5.41, 5.74) is 9.08. The molecule has 0 saturated heterocycles. The molecule has 32 heavy (non-hydrogen) atoms. The summed E-state index contributed by atoms with van der Waals surface area (Å²) < 4.78 is 16.3. The van der Waals surface area contributed by atoms with Crippen LogP contribution < -0.4 is 5.73 Å². The number of hydrogen-bond donors (Lipinski definition) is 2. The lowest BCUT2D eigenvalue weighted by Gasteiger charge is -2.17. The van der Waals surface area contributed by atoms with Crippen LogP contribution in [0.4, 0.5) is 10.2 Å². The van der Waals surface area contributed by atoms with Crippen LogP contribution in [0.5, 0.6) is 0 Å². The summed E-state index contributed by atoms with van der Waals surface area (Å²) in [7, 11) is 0. The van der Waals surface area contributed by atoms with E-state index in [4.69, 9.17) is 5.73 Å². The summed E-state index contributed by atoms with van der Waals surface area (Å²) in [6, 6.07) is 11.1. The molecule has 0 aliphatic heterocycles. The Bertz CT molecular complexity index is 1290. The fraction of sp³-hybridized carbons (Fsp3) is 0.261. The molecule has 0 saturated carbocycles. The zero-order valence-corrected chi connectivity index (χ0v) is 18.3. The molecular formula is C23H24FN7O. The fourth-order valence-electron chi connectivity index (χ4n) is 3.31. The Morgan fingerprint density at radius 2 is 1.81 bits per heavy atom. The molecule has 0 spiro atoms. The first-order chi connectivity index (χ1) is 15.1. The van der Waals surface area contributed by atoms with E-state index in [0.717, 1.165) is 16.7 Å². The molecular weight excluding hydrogens is 409 g/mol. The standard InChI is InChI=1S/C23H24FN7O/c1-13-7-5-9-16(14(13)2)22-27-20(19(24)21(25)28-22)17-12-31(30-29-17)11-15-8-6-10-18(26-15)23(3,4)32/h5-10,12,32H,11H2,1-4H3,(H2,25,27,28). The van der Waals surface area contributed by atoms with Crippen molar-refractivity contribution in [3.05, 3.63) is 70.9 Å². The first kappa shape index (κ1) is 21.5. The first-order valence-electron chi connectivity index (χ1n) is 10.1. The zero-order valence-electron chi connectivity index (χ0n) is 18.3. The number of rotatable bonds is 5. The summed E-state index contributed by atoms with van der Waals surface area (Å²) in [6.45, 7) is 7.57. The van der Waals surface area contributed by atoms with Crippen LogP contribution in [0.15, 0.2) is 42.6 Å². The minimum absolute atomic E-state index is 0.0159. The van der Waals surface area contributed by atoms with Crippen LogP contribution in [-0.2, 0) is 12.1 Å². The lowest BCUT2D eigenvalue weighted by Crippen LogP contribution is -2.18. The average Bonchev–Trinajstić information content (AvgIpc) is 3.20. The van der Waals surface area contributed by atoms with Gasteiger partial charge >= 0.3 is 0 Å².